The monoisotopic (exact) mass is 486 g/mol. The number of carbonyl (C=O) groups excluding carboxylic acids is 2. The van der Waals surface area contributed by atoms with Crippen molar-refractivity contribution < 1.29 is 27.2 Å². The normalized spacial score (nSPS) is 13.9. The van der Waals surface area contributed by atoms with E-state index in [-0.39, 0.29) is 36.2 Å². The molecule has 4 aromatic rings. The largest absolute Gasteiger partial charge is 0.467 e. The molecule has 0 atom stereocenters. The molecule has 0 fully saturated rings. The Morgan fingerprint density at radius 1 is 1.15 bits per heavy atom. The molecule has 0 aliphatic carbocycles. The third-order valence-electron chi connectivity index (χ3n) is 5.33. The summed E-state index contributed by atoms with van der Waals surface area (Å²) in [6.45, 7) is -0.110. The van der Waals surface area contributed by atoms with E-state index in [0.717, 1.165) is 17.0 Å². The minimum Gasteiger partial charge on any atom is -0.467 e. The first-order valence-corrected chi connectivity index (χ1v) is 11.2. The number of furan rings is 1. The molecule has 0 bridgehead atoms. The number of nitrogens with zero attached hydrogens (tertiary/aromatic N) is 3. The Labute approximate surface area is 195 Å². The molecule has 2 aromatic heterocycles. The number of imidazole rings is 1. The quantitative estimate of drug-likeness (QED) is 0.440. The summed E-state index contributed by atoms with van der Waals surface area (Å²) < 4.78 is 46.5. The van der Waals surface area contributed by atoms with Gasteiger partial charge in [-0.25, -0.2) is 4.98 Å². The lowest BCUT2D eigenvalue weighted by Crippen LogP contribution is -2.41. The van der Waals surface area contributed by atoms with E-state index >= 15 is 0 Å². The van der Waals surface area contributed by atoms with Gasteiger partial charge in [-0.15, -0.1) is 11.8 Å². The lowest BCUT2D eigenvalue weighted by atomic mass is 10.2. The molecule has 1 aliphatic heterocycles. The van der Waals surface area contributed by atoms with Crippen LogP contribution in [0.2, 0.25) is 0 Å². The number of aromatic nitrogens is 2. The van der Waals surface area contributed by atoms with E-state index in [1.165, 1.54) is 29.0 Å². The summed E-state index contributed by atoms with van der Waals surface area (Å²) in [5.74, 6) is 0.0659. The molecular weight excluding hydrogens is 469 g/mol. The Morgan fingerprint density at radius 2 is 1.97 bits per heavy atom. The highest BCUT2D eigenvalue weighted by Gasteiger charge is 2.31. The van der Waals surface area contributed by atoms with Crippen molar-refractivity contribution in [3.05, 3.63) is 72.2 Å². The highest BCUT2D eigenvalue weighted by molar-refractivity contribution is 8.00. The molecule has 11 heteroatoms. The van der Waals surface area contributed by atoms with E-state index in [1.54, 1.807) is 28.8 Å². The number of benzene rings is 2. The fourth-order valence-electron chi connectivity index (χ4n) is 3.76. The van der Waals surface area contributed by atoms with Crippen LogP contribution in [0.3, 0.4) is 0 Å². The Morgan fingerprint density at radius 3 is 2.74 bits per heavy atom. The summed E-state index contributed by atoms with van der Waals surface area (Å²) >= 11 is 1.40. The van der Waals surface area contributed by atoms with Gasteiger partial charge in [0.25, 0.3) is 0 Å². The first-order valence-electron chi connectivity index (χ1n) is 10.2. The maximum Gasteiger partial charge on any atom is 0.416 e. The predicted octanol–water partition coefficient (Wildman–Crippen LogP) is 4.77. The number of para-hydroxylation sites is 1. The smallest absolute Gasteiger partial charge is 0.416 e. The number of amides is 2. The van der Waals surface area contributed by atoms with Crippen LogP contribution < -0.4 is 10.2 Å². The van der Waals surface area contributed by atoms with Crippen LogP contribution in [-0.4, -0.2) is 33.7 Å². The van der Waals surface area contributed by atoms with Crippen LogP contribution in [0.15, 0.2) is 70.2 Å². The number of hydrogen-bond acceptors (Lipinski definition) is 5. The molecule has 5 rings (SSSR count). The number of halogens is 3. The average Bonchev–Trinajstić information content (AvgIpc) is 3.43. The van der Waals surface area contributed by atoms with Gasteiger partial charge in [-0.2, -0.15) is 13.2 Å². The van der Waals surface area contributed by atoms with Crippen LogP contribution in [-0.2, 0) is 22.3 Å². The molecule has 34 heavy (non-hydrogen) atoms. The first kappa shape index (κ1) is 22.1. The molecule has 0 unspecified atom stereocenters. The average molecular weight is 486 g/mol. The molecule has 2 aromatic carbocycles. The number of thioether (sulfide) groups is 1. The van der Waals surface area contributed by atoms with Gasteiger partial charge in [-0.05, 0) is 42.5 Å². The van der Waals surface area contributed by atoms with Gasteiger partial charge >= 0.3 is 6.18 Å². The third kappa shape index (κ3) is 4.26. The van der Waals surface area contributed by atoms with Crippen molar-refractivity contribution in [2.24, 2.45) is 0 Å². The second-order valence-electron chi connectivity index (χ2n) is 7.59. The number of fused-ring (bicyclic) bond motifs is 2. The lowest BCUT2D eigenvalue weighted by Gasteiger charge is -2.28. The highest BCUT2D eigenvalue weighted by atomic mass is 32.2. The van der Waals surface area contributed by atoms with Crippen molar-refractivity contribution in [2.45, 2.75) is 17.6 Å². The summed E-state index contributed by atoms with van der Waals surface area (Å²) in [4.78, 5) is 31.9. The summed E-state index contributed by atoms with van der Waals surface area (Å²) in [5.41, 5.74) is 0.273. The van der Waals surface area contributed by atoms with E-state index < -0.39 is 17.6 Å². The topological polar surface area (TPSA) is 80.4 Å². The molecule has 0 spiro atoms. The fourth-order valence-corrected chi connectivity index (χ4v) is 4.69. The van der Waals surface area contributed by atoms with Gasteiger partial charge in [0.2, 0.25) is 17.8 Å². The summed E-state index contributed by atoms with van der Waals surface area (Å²) in [7, 11) is 0. The Bertz CT molecular complexity index is 1380. The van der Waals surface area contributed by atoms with Crippen LogP contribution in [0.5, 0.6) is 0 Å². The first-order chi connectivity index (χ1) is 16.3. The van der Waals surface area contributed by atoms with Crippen LogP contribution >= 0.6 is 11.8 Å². The second kappa shape index (κ2) is 8.56. The molecule has 174 valence electrons. The van der Waals surface area contributed by atoms with Crippen molar-refractivity contribution in [2.75, 3.05) is 22.5 Å². The zero-order valence-electron chi connectivity index (χ0n) is 17.5. The molecular formula is C23H17F3N4O3S. The van der Waals surface area contributed by atoms with Crippen LogP contribution in [0.25, 0.3) is 11.0 Å². The highest BCUT2D eigenvalue weighted by Crippen LogP contribution is 2.35. The van der Waals surface area contributed by atoms with Crippen molar-refractivity contribution in [1.82, 2.24) is 9.55 Å². The van der Waals surface area contributed by atoms with Gasteiger partial charge in [0.05, 0.1) is 40.8 Å². The zero-order chi connectivity index (χ0) is 23.9. The van der Waals surface area contributed by atoms with Crippen LogP contribution in [0.4, 0.5) is 24.8 Å². The minimum atomic E-state index is -4.53. The Hall–Kier alpha value is -3.73. The third-order valence-corrected chi connectivity index (χ3v) is 6.38. The standard InChI is InChI=1S/C23H17F3N4O3S/c24-23(25,26)14-7-8-17-16(10-14)27-22(30(17)11-15-4-3-9-33-15)28-20(31)12-29-18-5-1-2-6-19(18)34-13-21(29)32/h1-10H,11-13H2,(H,27,28,31). The van der Waals surface area contributed by atoms with Gasteiger partial charge < -0.3 is 13.9 Å². The lowest BCUT2D eigenvalue weighted by molar-refractivity contribution is -0.137. The van der Waals surface area contributed by atoms with E-state index in [2.05, 4.69) is 10.3 Å². The van der Waals surface area contributed by atoms with Crippen molar-refractivity contribution in [3.8, 4) is 0 Å². The van der Waals surface area contributed by atoms with Crippen LogP contribution in [0.1, 0.15) is 11.3 Å². The van der Waals surface area contributed by atoms with E-state index in [9.17, 15) is 22.8 Å². The molecule has 0 saturated carbocycles. The van der Waals surface area contributed by atoms with Gasteiger partial charge in [-0.3, -0.25) is 14.9 Å². The number of nitrogens with one attached hydrogen (secondary N) is 1. The number of alkyl halides is 3. The minimum absolute atomic E-state index is 0.0582. The van der Waals surface area contributed by atoms with Crippen molar-refractivity contribution >= 4 is 46.2 Å². The van der Waals surface area contributed by atoms with Crippen molar-refractivity contribution in [1.29, 1.82) is 0 Å². The van der Waals surface area contributed by atoms with E-state index in [1.807, 2.05) is 12.1 Å². The van der Waals surface area contributed by atoms with Crippen molar-refractivity contribution in [3.63, 3.8) is 0 Å². The number of rotatable bonds is 5. The molecule has 2 amide bonds. The van der Waals surface area contributed by atoms with Gasteiger partial charge in [0, 0.05) is 4.90 Å². The molecule has 0 radical (unpaired) electrons. The Kier molecular flexibility index (Phi) is 5.56. The second-order valence-corrected chi connectivity index (χ2v) is 8.60. The number of hydrogen-bond donors (Lipinski definition) is 1. The predicted molar refractivity (Wildman–Crippen MR) is 121 cm³/mol. The van der Waals surface area contributed by atoms with E-state index in [4.69, 9.17) is 4.42 Å². The molecule has 1 aliphatic rings. The summed E-state index contributed by atoms with van der Waals surface area (Å²) in [6.07, 6.45) is -3.05. The molecule has 7 nitrogen and oxygen atoms in total. The maximum atomic E-state index is 13.2. The molecule has 3 heterocycles. The Balaban J connectivity index is 1.46. The summed E-state index contributed by atoms with van der Waals surface area (Å²) in [5, 5.41) is 2.66. The van der Waals surface area contributed by atoms with Gasteiger partial charge in [0.1, 0.15) is 12.3 Å². The summed E-state index contributed by atoms with van der Waals surface area (Å²) in [6, 6.07) is 13.9. The van der Waals surface area contributed by atoms with Gasteiger partial charge in [0.15, 0.2) is 0 Å². The number of anilines is 2. The van der Waals surface area contributed by atoms with Gasteiger partial charge in [-0.1, -0.05) is 12.1 Å². The van der Waals surface area contributed by atoms with E-state index in [0.29, 0.717) is 17.0 Å². The number of carbonyl (C=O) groups is 2. The molecule has 1 N–H and O–H groups in total. The fraction of sp³-hybridized carbons (Fsp3) is 0.174. The molecule has 0 saturated heterocycles. The maximum absolute atomic E-state index is 13.2. The van der Waals surface area contributed by atoms with Crippen LogP contribution in [0, 0.1) is 0 Å². The SMILES string of the molecule is O=C(CN1C(=O)CSc2ccccc21)Nc1nc2cc(C(F)(F)F)ccc2n1Cc1ccco1. The zero-order valence-corrected chi connectivity index (χ0v) is 18.3.